The fourth-order valence-electron chi connectivity index (χ4n) is 3.52. The summed E-state index contributed by atoms with van der Waals surface area (Å²) >= 11 is 0. The lowest BCUT2D eigenvalue weighted by Gasteiger charge is -2.34. The van der Waals surface area contributed by atoms with Crippen LogP contribution in [0.5, 0.6) is 0 Å². The normalized spacial score (nSPS) is 14.8. The molecule has 2 aromatic carbocycles. The molecule has 0 unspecified atom stereocenters. The van der Waals surface area contributed by atoms with Crippen LogP contribution in [0, 0.1) is 5.82 Å². The SMILES string of the molecule is CCN(CC)c1ccc(NC(=O)N2CCN(Cc3ccccc3F)CC2)cc1. The van der Waals surface area contributed by atoms with Crippen LogP contribution in [0.25, 0.3) is 0 Å². The molecular formula is C22H29FN4O. The van der Waals surface area contributed by atoms with Crippen molar-refractivity contribution in [2.75, 3.05) is 49.5 Å². The van der Waals surface area contributed by atoms with Crippen LogP contribution in [-0.2, 0) is 6.54 Å². The molecule has 0 saturated carbocycles. The van der Waals surface area contributed by atoms with E-state index in [-0.39, 0.29) is 11.8 Å². The number of halogens is 1. The highest BCUT2D eigenvalue weighted by atomic mass is 19.1. The molecule has 150 valence electrons. The van der Waals surface area contributed by atoms with E-state index in [1.165, 1.54) is 6.07 Å². The zero-order valence-electron chi connectivity index (χ0n) is 16.7. The van der Waals surface area contributed by atoms with Crippen molar-refractivity contribution >= 4 is 17.4 Å². The smallest absolute Gasteiger partial charge is 0.321 e. The van der Waals surface area contributed by atoms with Crippen LogP contribution in [-0.4, -0.2) is 55.1 Å². The van der Waals surface area contributed by atoms with Gasteiger partial charge >= 0.3 is 6.03 Å². The minimum Gasteiger partial charge on any atom is -0.372 e. The third-order valence-corrected chi connectivity index (χ3v) is 5.26. The number of amides is 2. The van der Waals surface area contributed by atoms with Crippen LogP contribution in [0.3, 0.4) is 0 Å². The highest BCUT2D eigenvalue weighted by Gasteiger charge is 2.21. The molecule has 2 aromatic rings. The molecule has 3 rings (SSSR count). The van der Waals surface area contributed by atoms with E-state index in [2.05, 4.69) is 29.0 Å². The van der Waals surface area contributed by atoms with Crippen LogP contribution in [0.1, 0.15) is 19.4 Å². The van der Waals surface area contributed by atoms with Gasteiger partial charge in [0.1, 0.15) is 5.82 Å². The Morgan fingerprint density at radius 3 is 2.25 bits per heavy atom. The lowest BCUT2D eigenvalue weighted by molar-refractivity contribution is 0.142. The molecule has 1 aliphatic heterocycles. The third-order valence-electron chi connectivity index (χ3n) is 5.26. The number of hydrogen-bond donors (Lipinski definition) is 1. The standard InChI is InChI=1S/C22H29FN4O/c1-3-26(4-2)20-11-9-19(10-12-20)24-22(28)27-15-13-25(14-16-27)17-18-7-5-6-8-21(18)23/h5-12H,3-4,13-17H2,1-2H3,(H,24,28). The molecule has 0 bridgehead atoms. The van der Waals surface area contributed by atoms with Gasteiger partial charge in [0, 0.05) is 62.8 Å². The van der Waals surface area contributed by atoms with E-state index >= 15 is 0 Å². The monoisotopic (exact) mass is 384 g/mol. The second kappa shape index (κ2) is 9.55. The number of anilines is 2. The van der Waals surface area contributed by atoms with Gasteiger partial charge in [0.15, 0.2) is 0 Å². The summed E-state index contributed by atoms with van der Waals surface area (Å²) in [5, 5.41) is 2.98. The largest absolute Gasteiger partial charge is 0.372 e. The first-order valence-corrected chi connectivity index (χ1v) is 9.97. The van der Waals surface area contributed by atoms with E-state index in [4.69, 9.17) is 0 Å². The first-order valence-electron chi connectivity index (χ1n) is 9.97. The molecule has 1 heterocycles. The van der Waals surface area contributed by atoms with Crippen molar-refractivity contribution in [1.29, 1.82) is 0 Å². The zero-order valence-corrected chi connectivity index (χ0v) is 16.7. The van der Waals surface area contributed by atoms with E-state index < -0.39 is 0 Å². The molecular weight excluding hydrogens is 355 g/mol. The predicted octanol–water partition coefficient (Wildman–Crippen LogP) is 4.02. The molecule has 5 nitrogen and oxygen atoms in total. The van der Waals surface area contributed by atoms with E-state index in [1.54, 1.807) is 6.07 Å². The summed E-state index contributed by atoms with van der Waals surface area (Å²) in [5.41, 5.74) is 2.66. The summed E-state index contributed by atoms with van der Waals surface area (Å²) in [6, 6.07) is 14.7. The summed E-state index contributed by atoms with van der Waals surface area (Å²) in [6.45, 7) is 9.50. The predicted molar refractivity (Wildman–Crippen MR) is 112 cm³/mol. The van der Waals surface area contributed by atoms with Crippen LogP contribution in [0.15, 0.2) is 48.5 Å². The average Bonchev–Trinajstić information content (AvgIpc) is 2.72. The molecule has 6 heteroatoms. The van der Waals surface area contributed by atoms with Gasteiger partial charge in [-0.15, -0.1) is 0 Å². The maximum absolute atomic E-state index is 13.8. The number of benzene rings is 2. The van der Waals surface area contributed by atoms with Crippen molar-refractivity contribution in [3.63, 3.8) is 0 Å². The van der Waals surface area contributed by atoms with Crippen LogP contribution in [0.2, 0.25) is 0 Å². The Bertz CT molecular complexity index is 768. The first kappa shape index (κ1) is 20.1. The van der Waals surface area contributed by atoms with Crippen molar-refractivity contribution in [2.24, 2.45) is 0 Å². The molecule has 1 N–H and O–H groups in total. The Kier molecular flexibility index (Phi) is 6.87. The van der Waals surface area contributed by atoms with Crippen molar-refractivity contribution in [3.05, 3.63) is 59.9 Å². The fraction of sp³-hybridized carbons (Fsp3) is 0.409. The molecule has 0 aromatic heterocycles. The van der Waals surface area contributed by atoms with Crippen molar-refractivity contribution in [2.45, 2.75) is 20.4 Å². The molecule has 0 spiro atoms. The fourth-order valence-corrected chi connectivity index (χ4v) is 3.52. The quantitative estimate of drug-likeness (QED) is 0.818. The van der Waals surface area contributed by atoms with Gasteiger partial charge in [-0.1, -0.05) is 18.2 Å². The zero-order chi connectivity index (χ0) is 19.9. The maximum atomic E-state index is 13.8. The van der Waals surface area contributed by atoms with Gasteiger partial charge in [-0.25, -0.2) is 9.18 Å². The molecule has 2 amide bonds. The minimum absolute atomic E-state index is 0.0823. The number of nitrogens with one attached hydrogen (secondary N) is 1. The number of carbonyl (C=O) groups is 1. The van der Waals surface area contributed by atoms with Crippen molar-refractivity contribution in [3.8, 4) is 0 Å². The van der Waals surface area contributed by atoms with Gasteiger partial charge in [-0.05, 0) is 44.2 Å². The number of hydrogen-bond acceptors (Lipinski definition) is 3. The Balaban J connectivity index is 1.49. The topological polar surface area (TPSA) is 38.8 Å². The molecule has 0 atom stereocenters. The number of piperazine rings is 1. The van der Waals surface area contributed by atoms with Crippen molar-refractivity contribution < 1.29 is 9.18 Å². The number of nitrogens with zero attached hydrogens (tertiary/aromatic N) is 3. The van der Waals surface area contributed by atoms with Crippen molar-refractivity contribution in [1.82, 2.24) is 9.80 Å². The molecule has 1 fully saturated rings. The first-order chi connectivity index (χ1) is 13.6. The highest BCUT2D eigenvalue weighted by Crippen LogP contribution is 2.18. The number of rotatable bonds is 6. The van der Waals surface area contributed by atoms with Gasteiger partial charge in [0.05, 0.1) is 0 Å². The van der Waals surface area contributed by atoms with Gasteiger partial charge in [-0.2, -0.15) is 0 Å². The number of urea groups is 1. The Labute approximate surface area is 166 Å². The molecule has 1 aliphatic rings. The maximum Gasteiger partial charge on any atom is 0.321 e. The van der Waals surface area contributed by atoms with Gasteiger partial charge in [-0.3, -0.25) is 4.90 Å². The summed E-state index contributed by atoms with van der Waals surface area (Å²) in [6.07, 6.45) is 0. The average molecular weight is 384 g/mol. The summed E-state index contributed by atoms with van der Waals surface area (Å²) < 4.78 is 13.8. The lowest BCUT2D eigenvalue weighted by Crippen LogP contribution is -2.49. The van der Waals surface area contributed by atoms with Crippen LogP contribution < -0.4 is 10.2 Å². The summed E-state index contributed by atoms with van der Waals surface area (Å²) in [7, 11) is 0. The third kappa shape index (κ3) is 5.01. The molecule has 0 radical (unpaired) electrons. The van der Waals surface area contributed by atoms with Gasteiger partial charge in [0.25, 0.3) is 0 Å². The van der Waals surface area contributed by atoms with Crippen LogP contribution >= 0.6 is 0 Å². The van der Waals surface area contributed by atoms with E-state index in [1.807, 2.05) is 41.3 Å². The van der Waals surface area contributed by atoms with E-state index in [0.717, 1.165) is 37.6 Å². The second-order valence-electron chi connectivity index (χ2n) is 7.00. The Morgan fingerprint density at radius 1 is 1.00 bits per heavy atom. The Morgan fingerprint density at radius 2 is 1.64 bits per heavy atom. The van der Waals surface area contributed by atoms with Gasteiger partial charge in [0.2, 0.25) is 0 Å². The molecule has 1 saturated heterocycles. The Hall–Kier alpha value is -2.60. The van der Waals surface area contributed by atoms with Crippen LogP contribution in [0.4, 0.5) is 20.6 Å². The van der Waals surface area contributed by atoms with E-state index in [9.17, 15) is 9.18 Å². The number of carbonyl (C=O) groups excluding carboxylic acids is 1. The summed E-state index contributed by atoms with van der Waals surface area (Å²) in [5.74, 6) is -0.171. The molecule has 28 heavy (non-hydrogen) atoms. The lowest BCUT2D eigenvalue weighted by atomic mass is 10.2. The highest BCUT2D eigenvalue weighted by molar-refractivity contribution is 5.89. The minimum atomic E-state index is -0.171. The van der Waals surface area contributed by atoms with Gasteiger partial charge < -0.3 is 15.1 Å². The van der Waals surface area contributed by atoms with E-state index in [0.29, 0.717) is 25.2 Å². The summed E-state index contributed by atoms with van der Waals surface area (Å²) in [4.78, 5) is 18.8. The second-order valence-corrected chi connectivity index (χ2v) is 7.00. The molecule has 0 aliphatic carbocycles.